The Hall–Kier alpha value is -3.19. The normalized spacial score (nSPS) is 11.0. The fourth-order valence-electron chi connectivity index (χ4n) is 2.96. The fourth-order valence-corrected chi connectivity index (χ4v) is 3.54. The van der Waals surface area contributed by atoms with Gasteiger partial charge in [-0.3, -0.25) is 9.36 Å². The zero-order valence-electron chi connectivity index (χ0n) is 14.8. The highest BCUT2D eigenvalue weighted by molar-refractivity contribution is 7.98. The van der Waals surface area contributed by atoms with Crippen LogP contribution in [0.2, 0.25) is 0 Å². The van der Waals surface area contributed by atoms with Gasteiger partial charge in [-0.2, -0.15) is 0 Å². The van der Waals surface area contributed by atoms with Crippen molar-refractivity contribution in [2.24, 2.45) is 0 Å². The molecule has 0 unspecified atom stereocenters. The molecule has 1 N–H and O–H groups in total. The third-order valence-electron chi connectivity index (χ3n) is 4.29. The molecule has 4 rings (SSSR count). The van der Waals surface area contributed by atoms with Crippen LogP contribution in [0.1, 0.15) is 10.4 Å². The molecule has 1 amide bonds. The van der Waals surface area contributed by atoms with E-state index in [1.165, 1.54) is 23.9 Å². The highest BCUT2D eigenvalue weighted by Crippen LogP contribution is 2.27. The van der Waals surface area contributed by atoms with Crippen LogP contribution in [0, 0.1) is 11.6 Å². The van der Waals surface area contributed by atoms with Gasteiger partial charge >= 0.3 is 0 Å². The van der Waals surface area contributed by atoms with E-state index < -0.39 is 17.5 Å². The maximum atomic E-state index is 13.8. The highest BCUT2D eigenvalue weighted by Gasteiger charge is 2.16. The van der Waals surface area contributed by atoms with Crippen molar-refractivity contribution in [3.8, 4) is 5.69 Å². The maximum absolute atomic E-state index is 13.8. The van der Waals surface area contributed by atoms with Crippen molar-refractivity contribution < 1.29 is 13.6 Å². The molecule has 7 heteroatoms. The molecule has 4 aromatic rings. The number of nitrogens with one attached hydrogen (secondary N) is 1. The summed E-state index contributed by atoms with van der Waals surface area (Å²) < 4.78 is 29.1. The quantitative estimate of drug-likeness (QED) is 0.479. The molecule has 0 atom stereocenters. The Balaban J connectivity index is 1.63. The zero-order chi connectivity index (χ0) is 19.7. The Kier molecular flexibility index (Phi) is 4.83. The number of rotatable bonds is 4. The number of thioether (sulfide) groups is 1. The van der Waals surface area contributed by atoms with E-state index in [0.717, 1.165) is 27.9 Å². The van der Waals surface area contributed by atoms with E-state index in [4.69, 9.17) is 0 Å². The number of nitrogens with zero attached hydrogens (tertiary/aromatic N) is 2. The minimum atomic E-state index is -1.16. The summed E-state index contributed by atoms with van der Waals surface area (Å²) in [5.41, 5.74) is 2.89. The molecule has 140 valence electrons. The van der Waals surface area contributed by atoms with Gasteiger partial charge in [0.25, 0.3) is 5.91 Å². The molecule has 28 heavy (non-hydrogen) atoms. The van der Waals surface area contributed by atoms with Gasteiger partial charge in [0.15, 0.2) is 16.8 Å². The molecule has 3 aromatic carbocycles. The SMILES string of the molecule is CSc1nc2ccccc2n1-c1ccc(NC(=O)c2cccc(F)c2F)cc1. The number of fused-ring (bicyclic) bond motifs is 1. The van der Waals surface area contributed by atoms with E-state index in [2.05, 4.69) is 10.3 Å². The van der Waals surface area contributed by atoms with E-state index in [-0.39, 0.29) is 5.56 Å². The van der Waals surface area contributed by atoms with Gasteiger partial charge in [-0.25, -0.2) is 13.8 Å². The largest absolute Gasteiger partial charge is 0.322 e. The number of carbonyl (C=O) groups is 1. The number of halogens is 2. The molecular weight excluding hydrogens is 380 g/mol. The molecule has 0 aliphatic rings. The predicted octanol–water partition coefficient (Wildman–Crippen LogP) is 5.28. The van der Waals surface area contributed by atoms with Crippen molar-refractivity contribution >= 4 is 34.4 Å². The number of hydrogen-bond acceptors (Lipinski definition) is 3. The van der Waals surface area contributed by atoms with Gasteiger partial charge in [-0.05, 0) is 54.8 Å². The summed E-state index contributed by atoms with van der Waals surface area (Å²) in [6, 6.07) is 18.4. The van der Waals surface area contributed by atoms with Gasteiger partial charge in [0.2, 0.25) is 0 Å². The smallest absolute Gasteiger partial charge is 0.258 e. The number of hydrogen-bond donors (Lipinski definition) is 1. The zero-order valence-corrected chi connectivity index (χ0v) is 15.6. The second kappa shape index (κ2) is 7.44. The number of para-hydroxylation sites is 2. The summed E-state index contributed by atoms with van der Waals surface area (Å²) in [4.78, 5) is 16.9. The number of anilines is 1. The number of amides is 1. The monoisotopic (exact) mass is 395 g/mol. The van der Waals surface area contributed by atoms with Crippen LogP contribution in [0.5, 0.6) is 0 Å². The van der Waals surface area contributed by atoms with Gasteiger partial charge in [0.05, 0.1) is 16.6 Å². The first-order valence-electron chi connectivity index (χ1n) is 8.46. The molecule has 0 bridgehead atoms. The lowest BCUT2D eigenvalue weighted by Gasteiger charge is -2.10. The Morgan fingerprint density at radius 1 is 1.00 bits per heavy atom. The summed E-state index contributed by atoms with van der Waals surface area (Å²) in [5, 5.41) is 3.44. The van der Waals surface area contributed by atoms with Gasteiger partial charge in [0, 0.05) is 11.4 Å². The van der Waals surface area contributed by atoms with Crippen LogP contribution in [-0.4, -0.2) is 21.7 Å². The van der Waals surface area contributed by atoms with Crippen molar-refractivity contribution in [2.75, 3.05) is 11.6 Å². The van der Waals surface area contributed by atoms with Gasteiger partial charge in [0.1, 0.15) is 0 Å². The standard InChI is InChI=1S/C21H15F2N3OS/c1-28-21-25-17-7-2-3-8-18(17)26(21)14-11-9-13(10-12-14)24-20(27)15-5-4-6-16(22)19(15)23/h2-12H,1H3,(H,24,27). The van der Waals surface area contributed by atoms with E-state index >= 15 is 0 Å². The summed E-state index contributed by atoms with van der Waals surface area (Å²) in [5.74, 6) is -2.92. The molecule has 0 saturated heterocycles. The van der Waals surface area contributed by atoms with Gasteiger partial charge in [-0.15, -0.1) is 0 Å². The average Bonchev–Trinajstić information content (AvgIpc) is 3.09. The topological polar surface area (TPSA) is 46.9 Å². The molecule has 0 saturated carbocycles. The summed E-state index contributed by atoms with van der Waals surface area (Å²) in [7, 11) is 0. The Morgan fingerprint density at radius 3 is 2.50 bits per heavy atom. The Morgan fingerprint density at radius 2 is 1.75 bits per heavy atom. The highest BCUT2D eigenvalue weighted by atomic mass is 32.2. The van der Waals surface area contributed by atoms with Crippen molar-refractivity contribution in [1.82, 2.24) is 9.55 Å². The van der Waals surface area contributed by atoms with Crippen LogP contribution in [0.25, 0.3) is 16.7 Å². The molecule has 0 aliphatic carbocycles. The molecular formula is C21H15F2N3OS. The van der Waals surface area contributed by atoms with Gasteiger partial charge in [-0.1, -0.05) is 30.0 Å². The second-order valence-electron chi connectivity index (χ2n) is 6.03. The number of imidazole rings is 1. The van der Waals surface area contributed by atoms with E-state index in [1.807, 2.05) is 47.2 Å². The number of benzene rings is 3. The third kappa shape index (κ3) is 3.25. The Labute approximate surface area is 164 Å². The van der Waals surface area contributed by atoms with E-state index in [9.17, 15) is 13.6 Å². The number of carbonyl (C=O) groups excluding carboxylic acids is 1. The minimum absolute atomic E-state index is 0.339. The second-order valence-corrected chi connectivity index (χ2v) is 6.80. The number of aromatic nitrogens is 2. The van der Waals surface area contributed by atoms with Crippen LogP contribution >= 0.6 is 11.8 Å². The lowest BCUT2D eigenvalue weighted by Crippen LogP contribution is -2.14. The molecule has 4 nitrogen and oxygen atoms in total. The van der Waals surface area contributed by atoms with Crippen LogP contribution in [0.15, 0.2) is 71.9 Å². The first-order valence-corrected chi connectivity index (χ1v) is 9.68. The van der Waals surface area contributed by atoms with Crippen LogP contribution < -0.4 is 5.32 Å². The van der Waals surface area contributed by atoms with Crippen molar-refractivity contribution in [2.45, 2.75) is 5.16 Å². The molecule has 0 radical (unpaired) electrons. The van der Waals surface area contributed by atoms with E-state index in [0.29, 0.717) is 5.69 Å². The minimum Gasteiger partial charge on any atom is -0.322 e. The van der Waals surface area contributed by atoms with Crippen LogP contribution in [0.3, 0.4) is 0 Å². The molecule has 1 aromatic heterocycles. The lowest BCUT2D eigenvalue weighted by atomic mass is 10.2. The summed E-state index contributed by atoms with van der Waals surface area (Å²) >= 11 is 1.54. The molecule has 1 heterocycles. The summed E-state index contributed by atoms with van der Waals surface area (Å²) in [6.45, 7) is 0. The van der Waals surface area contributed by atoms with Crippen molar-refractivity contribution in [1.29, 1.82) is 0 Å². The molecule has 0 fully saturated rings. The third-order valence-corrected chi connectivity index (χ3v) is 4.93. The summed E-state index contributed by atoms with van der Waals surface area (Å²) in [6.07, 6.45) is 1.96. The lowest BCUT2D eigenvalue weighted by molar-refractivity contribution is 0.102. The molecule has 0 aliphatic heterocycles. The predicted molar refractivity (Wildman–Crippen MR) is 107 cm³/mol. The average molecular weight is 395 g/mol. The maximum Gasteiger partial charge on any atom is 0.258 e. The van der Waals surface area contributed by atoms with Crippen LogP contribution in [-0.2, 0) is 0 Å². The van der Waals surface area contributed by atoms with Crippen molar-refractivity contribution in [3.63, 3.8) is 0 Å². The van der Waals surface area contributed by atoms with Crippen molar-refractivity contribution in [3.05, 3.63) is 83.9 Å². The fraction of sp³-hybridized carbons (Fsp3) is 0.0476. The first kappa shape index (κ1) is 18.2. The van der Waals surface area contributed by atoms with E-state index in [1.54, 1.807) is 12.1 Å². The Bertz CT molecular complexity index is 1170. The first-order chi connectivity index (χ1) is 13.6. The van der Waals surface area contributed by atoms with Crippen LogP contribution in [0.4, 0.5) is 14.5 Å². The van der Waals surface area contributed by atoms with Gasteiger partial charge < -0.3 is 5.32 Å². The molecule has 0 spiro atoms.